The van der Waals surface area contributed by atoms with Gasteiger partial charge < -0.3 is 5.73 Å². The summed E-state index contributed by atoms with van der Waals surface area (Å²) in [5.74, 6) is 0.167. The van der Waals surface area contributed by atoms with E-state index in [2.05, 4.69) is 4.98 Å². The molecule has 0 bridgehead atoms. The molecule has 1 aromatic heterocycles. The third-order valence-corrected chi connectivity index (χ3v) is 2.16. The van der Waals surface area contributed by atoms with Gasteiger partial charge >= 0.3 is 0 Å². The van der Waals surface area contributed by atoms with Gasteiger partial charge in [0.1, 0.15) is 5.78 Å². The molecule has 0 aliphatic heterocycles. The number of Topliss-reactive ketones (excluding diaryl/α,β-unsaturated/α-hetero) is 1. The van der Waals surface area contributed by atoms with Crippen LogP contribution in [0.2, 0.25) is 0 Å². The Hall–Kier alpha value is -0.740. The van der Waals surface area contributed by atoms with Crippen molar-refractivity contribution in [2.24, 2.45) is 5.73 Å². The molecule has 0 radical (unpaired) electrons. The van der Waals surface area contributed by atoms with Gasteiger partial charge in [0, 0.05) is 24.0 Å². The molecule has 1 rings (SSSR count). The first-order valence-corrected chi connectivity index (χ1v) is 4.72. The third kappa shape index (κ3) is 3.11. The van der Waals surface area contributed by atoms with Crippen molar-refractivity contribution in [3.8, 4) is 0 Å². The molecule has 12 heavy (non-hydrogen) atoms. The monoisotopic (exact) mass is 184 g/mol. The molecule has 3 nitrogen and oxygen atoms in total. The minimum absolute atomic E-state index is 0.0440. The summed E-state index contributed by atoms with van der Waals surface area (Å²) in [6, 6.07) is -0.0440. The number of nitrogens with zero attached hydrogens (tertiary/aromatic N) is 1. The fourth-order valence-corrected chi connectivity index (χ4v) is 1.59. The fourth-order valence-electron chi connectivity index (χ4n) is 0.940. The zero-order valence-corrected chi connectivity index (χ0v) is 7.80. The SMILES string of the molecule is CC(N)CC(=O)Cc1nccs1. The highest BCUT2D eigenvalue weighted by atomic mass is 32.1. The van der Waals surface area contributed by atoms with Crippen molar-refractivity contribution < 1.29 is 4.79 Å². The number of hydrogen-bond donors (Lipinski definition) is 1. The van der Waals surface area contributed by atoms with Gasteiger partial charge in [0.2, 0.25) is 0 Å². The molecule has 0 saturated carbocycles. The quantitative estimate of drug-likeness (QED) is 0.759. The van der Waals surface area contributed by atoms with E-state index in [1.807, 2.05) is 12.3 Å². The van der Waals surface area contributed by atoms with E-state index in [0.29, 0.717) is 12.8 Å². The van der Waals surface area contributed by atoms with Gasteiger partial charge in [-0.15, -0.1) is 11.3 Å². The van der Waals surface area contributed by atoms with Gasteiger partial charge in [0.05, 0.1) is 11.4 Å². The van der Waals surface area contributed by atoms with Crippen molar-refractivity contribution in [1.82, 2.24) is 4.98 Å². The van der Waals surface area contributed by atoms with Crippen LogP contribution in [-0.2, 0) is 11.2 Å². The largest absolute Gasteiger partial charge is 0.328 e. The van der Waals surface area contributed by atoms with Crippen molar-refractivity contribution in [3.63, 3.8) is 0 Å². The molecular weight excluding hydrogens is 172 g/mol. The van der Waals surface area contributed by atoms with Crippen molar-refractivity contribution in [3.05, 3.63) is 16.6 Å². The highest BCUT2D eigenvalue weighted by molar-refractivity contribution is 7.09. The summed E-state index contributed by atoms with van der Waals surface area (Å²) in [5.41, 5.74) is 5.48. The van der Waals surface area contributed by atoms with Crippen LogP contribution in [0.4, 0.5) is 0 Å². The van der Waals surface area contributed by atoms with Gasteiger partial charge in [-0.3, -0.25) is 4.79 Å². The van der Waals surface area contributed by atoms with Gasteiger partial charge in [0.15, 0.2) is 0 Å². The minimum atomic E-state index is -0.0440. The van der Waals surface area contributed by atoms with Crippen molar-refractivity contribution in [2.45, 2.75) is 25.8 Å². The lowest BCUT2D eigenvalue weighted by Gasteiger charge is -2.01. The lowest BCUT2D eigenvalue weighted by atomic mass is 10.1. The van der Waals surface area contributed by atoms with Gasteiger partial charge in [-0.1, -0.05) is 0 Å². The van der Waals surface area contributed by atoms with Crippen LogP contribution in [0.5, 0.6) is 0 Å². The lowest BCUT2D eigenvalue weighted by molar-refractivity contribution is -0.118. The number of thiazole rings is 1. The lowest BCUT2D eigenvalue weighted by Crippen LogP contribution is -2.20. The summed E-state index contributed by atoms with van der Waals surface area (Å²) in [4.78, 5) is 15.2. The Labute approximate surface area is 75.6 Å². The Kier molecular flexibility index (Phi) is 3.37. The Morgan fingerprint density at radius 1 is 1.83 bits per heavy atom. The van der Waals surface area contributed by atoms with E-state index in [9.17, 15) is 4.79 Å². The highest BCUT2D eigenvalue weighted by Gasteiger charge is 2.07. The molecule has 1 aromatic rings. The zero-order chi connectivity index (χ0) is 8.97. The molecule has 0 spiro atoms. The number of ketones is 1. The summed E-state index contributed by atoms with van der Waals surface area (Å²) in [5, 5.41) is 2.75. The Bertz CT molecular complexity index is 244. The second kappa shape index (κ2) is 4.33. The summed E-state index contributed by atoms with van der Waals surface area (Å²) >= 11 is 1.51. The Morgan fingerprint density at radius 3 is 3.08 bits per heavy atom. The second-order valence-corrected chi connectivity index (χ2v) is 3.80. The predicted octanol–water partition coefficient (Wildman–Crippen LogP) is 0.992. The smallest absolute Gasteiger partial charge is 0.141 e. The molecule has 0 saturated heterocycles. The Morgan fingerprint density at radius 2 is 2.58 bits per heavy atom. The molecular formula is C8H12N2OS. The average molecular weight is 184 g/mol. The summed E-state index contributed by atoms with van der Waals surface area (Å²) < 4.78 is 0. The van der Waals surface area contributed by atoms with E-state index >= 15 is 0 Å². The topological polar surface area (TPSA) is 56.0 Å². The number of nitrogens with two attached hydrogens (primary N) is 1. The fraction of sp³-hybridized carbons (Fsp3) is 0.500. The maximum absolute atomic E-state index is 11.2. The van der Waals surface area contributed by atoms with Crippen molar-refractivity contribution in [2.75, 3.05) is 0 Å². The van der Waals surface area contributed by atoms with Crippen LogP contribution in [0.25, 0.3) is 0 Å². The summed E-state index contributed by atoms with van der Waals surface area (Å²) in [6.45, 7) is 1.83. The van der Waals surface area contributed by atoms with E-state index in [0.717, 1.165) is 5.01 Å². The van der Waals surface area contributed by atoms with Crippen molar-refractivity contribution >= 4 is 17.1 Å². The maximum Gasteiger partial charge on any atom is 0.141 e. The molecule has 1 unspecified atom stereocenters. The standard InChI is InChI=1S/C8H12N2OS/c1-6(9)4-7(11)5-8-10-2-3-12-8/h2-3,6H,4-5,9H2,1H3. The minimum Gasteiger partial charge on any atom is -0.328 e. The summed E-state index contributed by atoms with van der Waals surface area (Å²) in [6.07, 6.45) is 2.58. The van der Waals surface area contributed by atoms with Crippen LogP contribution in [0.1, 0.15) is 18.4 Å². The maximum atomic E-state index is 11.2. The van der Waals surface area contributed by atoms with Crippen LogP contribution in [0.15, 0.2) is 11.6 Å². The molecule has 66 valence electrons. The van der Waals surface area contributed by atoms with E-state index in [1.54, 1.807) is 6.20 Å². The number of carbonyl (C=O) groups excluding carboxylic acids is 1. The number of rotatable bonds is 4. The van der Waals surface area contributed by atoms with Crippen molar-refractivity contribution in [1.29, 1.82) is 0 Å². The van der Waals surface area contributed by atoms with Gasteiger partial charge in [0.25, 0.3) is 0 Å². The van der Waals surface area contributed by atoms with Crippen LogP contribution in [-0.4, -0.2) is 16.8 Å². The second-order valence-electron chi connectivity index (χ2n) is 2.82. The number of aromatic nitrogens is 1. The highest BCUT2D eigenvalue weighted by Crippen LogP contribution is 2.06. The van der Waals surface area contributed by atoms with E-state index in [4.69, 9.17) is 5.73 Å². The van der Waals surface area contributed by atoms with Crippen LogP contribution in [0.3, 0.4) is 0 Å². The predicted molar refractivity (Wildman–Crippen MR) is 49.1 cm³/mol. The first-order chi connectivity index (χ1) is 5.68. The molecule has 0 aliphatic rings. The van der Waals surface area contributed by atoms with E-state index in [-0.39, 0.29) is 11.8 Å². The third-order valence-electron chi connectivity index (χ3n) is 1.38. The molecule has 4 heteroatoms. The van der Waals surface area contributed by atoms with Crippen LogP contribution >= 0.6 is 11.3 Å². The molecule has 0 fully saturated rings. The van der Waals surface area contributed by atoms with Gasteiger partial charge in [-0.25, -0.2) is 4.98 Å². The molecule has 0 amide bonds. The molecule has 2 N–H and O–H groups in total. The van der Waals surface area contributed by atoms with E-state index < -0.39 is 0 Å². The summed E-state index contributed by atoms with van der Waals surface area (Å²) in [7, 11) is 0. The molecule has 1 atom stereocenters. The number of hydrogen-bond acceptors (Lipinski definition) is 4. The molecule has 0 aromatic carbocycles. The first kappa shape index (κ1) is 9.35. The van der Waals surface area contributed by atoms with Crippen LogP contribution < -0.4 is 5.73 Å². The first-order valence-electron chi connectivity index (χ1n) is 3.84. The zero-order valence-electron chi connectivity index (χ0n) is 6.99. The van der Waals surface area contributed by atoms with E-state index in [1.165, 1.54) is 11.3 Å². The van der Waals surface area contributed by atoms with Gasteiger partial charge in [-0.05, 0) is 6.92 Å². The normalized spacial score (nSPS) is 12.8. The number of carbonyl (C=O) groups is 1. The molecule has 0 aliphatic carbocycles. The average Bonchev–Trinajstić information content (AvgIpc) is 2.37. The molecule has 1 heterocycles. The van der Waals surface area contributed by atoms with Crippen LogP contribution in [0, 0.1) is 0 Å². The Balaban J connectivity index is 2.37. The van der Waals surface area contributed by atoms with Gasteiger partial charge in [-0.2, -0.15) is 0 Å².